The zero-order valence-corrected chi connectivity index (χ0v) is 16.9. The molecular formula is C20H26N2O4S. The van der Waals surface area contributed by atoms with Crippen molar-refractivity contribution >= 4 is 15.9 Å². The van der Waals surface area contributed by atoms with E-state index in [9.17, 15) is 13.2 Å². The molecule has 0 aliphatic carbocycles. The largest absolute Gasteiger partial charge is 0.332 e. The SMILES string of the molecule is CCC(C)N(Cc1ccccc1)C(=O)c1cccc(S(=O)(=O)N(C)OC)c1. The quantitative estimate of drug-likeness (QED) is 0.649. The molecule has 1 amide bonds. The Morgan fingerprint density at radius 1 is 1.11 bits per heavy atom. The number of carbonyl (C=O) groups excluding carboxylic acids is 1. The van der Waals surface area contributed by atoms with Crippen molar-refractivity contribution < 1.29 is 18.0 Å². The van der Waals surface area contributed by atoms with Gasteiger partial charge in [0.25, 0.3) is 15.9 Å². The molecule has 7 heteroatoms. The lowest BCUT2D eigenvalue weighted by molar-refractivity contribution is -0.0258. The third-order valence-electron chi connectivity index (χ3n) is 4.55. The average Bonchev–Trinajstić information content (AvgIpc) is 2.71. The van der Waals surface area contributed by atoms with E-state index in [0.29, 0.717) is 12.1 Å². The lowest BCUT2D eigenvalue weighted by Crippen LogP contribution is -2.38. The molecule has 0 spiro atoms. The van der Waals surface area contributed by atoms with E-state index in [1.54, 1.807) is 17.0 Å². The molecule has 0 heterocycles. The molecule has 0 bridgehead atoms. The monoisotopic (exact) mass is 390 g/mol. The van der Waals surface area contributed by atoms with E-state index in [1.165, 1.54) is 26.3 Å². The highest BCUT2D eigenvalue weighted by Crippen LogP contribution is 2.20. The Balaban J connectivity index is 2.37. The van der Waals surface area contributed by atoms with Gasteiger partial charge in [0, 0.05) is 25.2 Å². The molecule has 146 valence electrons. The Bertz CT molecular complexity index is 869. The number of carbonyl (C=O) groups is 1. The Hall–Kier alpha value is -2.22. The fourth-order valence-electron chi connectivity index (χ4n) is 2.63. The average molecular weight is 391 g/mol. The molecule has 0 aliphatic heterocycles. The summed E-state index contributed by atoms with van der Waals surface area (Å²) in [7, 11) is -1.23. The molecule has 2 aromatic rings. The first kappa shape index (κ1) is 21.1. The van der Waals surface area contributed by atoms with Crippen LogP contribution >= 0.6 is 0 Å². The second-order valence-electron chi connectivity index (χ2n) is 6.30. The summed E-state index contributed by atoms with van der Waals surface area (Å²) in [6, 6.07) is 15.8. The van der Waals surface area contributed by atoms with Crippen LogP contribution in [0.1, 0.15) is 36.2 Å². The molecule has 6 nitrogen and oxygen atoms in total. The fraction of sp³-hybridized carbons (Fsp3) is 0.350. The maximum absolute atomic E-state index is 13.2. The molecule has 2 rings (SSSR count). The summed E-state index contributed by atoms with van der Waals surface area (Å²) in [5.74, 6) is -0.203. The molecule has 1 atom stereocenters. The summed E-state index contributed by atoms with van der Waals surface area (Å²) in [5.41, 5.74) is 1.35. The molecule has 2 aromatic carbocycles. The van der Waals surface area contributed by atoms with Crippen LogP contribution in [0, 0.1) is 0 Å². The number of amides is 1. The van der Waals surface area contributed by atoms with Crippen LogP contribution < -0.4 is 0 Å². The summed E-state index contributed by atoms with van der Waals surface area (Å²) in [4.78, 5) is 19.7. The number of sulfonamides is 1. The number of hydroxylamine groups is 1. The van der Waals surface area contributed by atoms with E-state index in [2.05, 4.69) is 0 Å². The molecule has 0 radical (unpaired) electrons. The van der Waals surface area contributed by atoms with E-state index in [4.69, 9.17) is 4.84 Å². The highest BCUT2D eigenvalue weighted by atomic mass is 32.2. The van der Waals surface area contributed by atoms with E-state index < -0.39 is 10.0 Å². The van der Waals surface area contributed by atoms with Gasteiger partial charge in [-0.1, -0.05) is 47.8 Å². The maximum Gasteiger partial charge on any atom is 0.264 e. The third-order valence-corrected chi connectivity index (χ3v) is 6.23. The highest BCUT2D eigenvalue weighted by molar-refractivity contribution is 7.89. The standard InChI is InChI=1S/C20H26N2O4S/c1-5-16(2)22(15-17-10-7-6-8-11-17)20(23)18-12-9-13-19(14-18)27(24,25)21(3)26-4/h6-14,16H,5,15H2,1-4H3. The van der Waals surface area contributed by atoms with Crippen LogP contribution in [0.5, 0.6) is 0 Å². The van der Waals surface area contributed by atoms with Gasteiger partial charge in [0.05, 0.1) is 12.0 Å². The second kappa shape index (κ2) is 9.12. The first-order valence-electron chi connectivity index (χ1n) is 8.79. The van der Waals surface area contributed by atoms with E-state index >= 15 is 0 Å². The first-order chi connectivity index (χ1) is 12.8. The number of hydrogen-bond donors (Lipinski definition) is 0. The molecule has 0 fully saturated rings. The third kappa shape index (κ3) is 4.94. The van der Waals surface area contributed by atoms with Gasteiger partial charge in [-0.3, -0.25) is 9.63 Å². The van der Waals surface area contributed by atoms with Gasteiger partial charge in [-0.15, -0.1) is 0 Å². The zero-order chi connectivity index (χ0) is 20.0. The predicted octanol–water partition coefficient (Wildman–Crippen LogP) is 3.31. The van der Waals surface area contributed by atoms with Gasteiger partial charge in [-0.2, -0.15) is 0 Å². The Morgan fingerprint density at radius 2 is 1.78 bits per heavy atom. The Kier molecular flexibility index (Phi) is 7.12. The minimum Gasteiger partial charge on any atom is -0.332 e. The van der Waals surface area contributed by atoms with Crippen molar-refractivity contribution in [3.8, 4) is 0 Å². The van der Waals surface area contributed by atoms with Crippen LogP contribution in [0.25, 0.3) is 0 Å². The van der Waals surface area contributed by atoms with Gasteiger partial charge in [-0.25, -0.2) is 8.42 Å². The van der Waals surface area contributed by atoms with Crippen LogP contribution in [0.2, 0.25) is 0 Å². The Labute approximate surface area is 161 Å². The normalized spacial score (nSPS) is 12.8. The van der Waals surface area contributed by atoms with Crippen LogP contribution in [0.3, 0.4) is 0 Å². The fourth-order valence-corrected chi connectivity index (χ4v) is 3.65. The molecule has 0 saturated heterocycles. The van der Waals surface area contributed by atoms with E-state index in [1.807, 2.05) is 44.2 Å². The summed E-state index contributed by atoms with van der Waals surface area (Å²) in [6.07, 6.45) is 0.795. The highest BCUT2D eigenvalue weighted by Gasteiger charge is 2.25. The zero-order valence-electron chi connectivity index (χ0n) is 16.1. The van der Waals surface area contributed by atoms with Crippen LogP contribution in [-0.4, -0.2) is 43.9 Å². The second-order valence-corrected chi connectivity index (χ2v) is 8.24. The van der Waals surface area contributed by atoms with Gasteiger partial charge in [-0.05, 0) is 37.1 Å². The van der Waals surface area contributed by atoms with E-state index in [-0.39, 0.29) is 16.8 Å². The molecular weight excluding hydrogens is 364 g/mol. The van der Waals surface area contributed by atoms with Gasteiger partial charge < -0.3 is 4.90 Å². The molecule has 0 N–H and O–H groups in total. The van der Waals surface area contributed by atoms with Gasteiger partial charge in [0.2, 0.25) is 0 Å². The van der Waals surface area contributed by atoms with Crippen molar-refractivity contribution in [1.82, 2.24) is 9.37 Å². The van der Waals surface area contributed by atoms with Gasteiger partial charge >= 0.3 is 0 Å². The molecule has 0 aliphatic rings. The summed E-state index contributed by atoms with van der Waals surface area (Å²) in [5, 5.41) is 0. The van der Waals surface area contributed by atoms with Crippen molar-refractivity contribution in [3.63, 3.8) is 0 Å². The van der Waals surface area contributed by atoms with Crippen molar-refractivity contribution in [3.05, 3.63) is 65.7 Å². The summed E-state index contributed by atoms with van der Waals surface area (Å²) in [6.45, 7) is 4.47. The summed E-state index contributed by atoms with van der Waals surface area (Å²) < 4.78 is 25.7. The van der Waals surface area contributed by atoms with Crippen LogP contribution in [0.4, 0.5) is 0 Å². The molecule has 1 unspecified atom stereocenters. The first-order valence-corrected chi connectivity index (χ1v) is 10.2. The van der Waals surface area contributed by atoms with Gasteiger partial charge in [0.15, 0.2) is 0 Å². The molecule has 27 heavy (non-hydrogen) atoms. The molecule has 0 aromatic heterocycles. The van der Waals surface area contributed by atoms with Crippen LogP contribution in [0.15, 0.2) is 59.5 Å². The van der Waals surface area contributed by atoms with E-state index in [0.717, 1.165) is 16.5 Å². The maximum atomic E-state index is 13.2. The topological polar surface area (TPSA) is 66.9 Å². The smallest absolute Gasteiger partial charge is 0.264 e. The van der Waals surface area contributed by atoms with Crippen molar-refractivity contribution in [2.24, 2.45) is 0 Å². The summed E-state index contributed by atoms with van der Waals surface area (Å²) >= 11 is 0. The lowest BCUT2D eigenvalue weighted by Gasteiger charge is -2.29. The lowest BCUT2D eigenvalue weighted by atomic mass is 10.1. The van der Waals surface area contributed by atoms with Crippen LogP contribution in [-0.2, 0) is 21.4 Å². The number of benzene rings is 2. The number of nitrogens with zero attached hydrogens (tertiary/aromatic N) is 2. The Morgan fingerprint density at radius 3 is 2.37 bits per heavy atom. The van der Waals surface area contributed by atoms with Crippen molar-refractivity contribution in [2.45, 2.75) is 37.8 Å². The molecule has 0 saturated carbocycles. The predicted molar refractivity (Wildman–Crippen MR) is 104 cm³/mol. The number of rotatable bonds is 8. The number of hydrogen-bond acceptors (Lipinski definition) is 4. The van der Waals surface area contributed by atoms with Gasteiger partial charge in [0.1, 0.15) is 0 Å². The van der Waals surface area contributed by atoms with Crippen molar-refractivity contribution in [2.75, 3.05) is 14.2 Å². The minimum atomic E-state index is -3.82. The minimum absolute atomic E-state index is 0.0135. The van der Waals surface area contributed by atoms with Crippen molar-refractivity contribution in [1.29, 1.82) is 0 Å².